The van der Waals surface area contributed by atoms with Crippen molar-refractivity contribution in [3.8, 4) is 5.75 Å². The standard InChI is InChI=1S/C23H26FN3O5S/c1-14-10-19-20(32-15(2)22(28)26-19)11-21(14)33(30,31)27-9-3-4-17(13-27)23(29)25-12-16-5-7-18(24)8-6-16/h5-8,10-11,15,17H,3-4,9,12-13H2,1-2H3,(H,25,29)(H,26,28)/t15-,17-/m1/s1. The van der Waals surface area contributed by atoms with Crippen molar-refractivity contribution in [3.63, 3.8) is 0 Å². The lowest BCUT2D eigenvalue weighted by Gasteiger charge is -2.32. The Balaban J connectivity index is 1.48. The largest absolute Gasteiger partial charge is 0.479 e. The molecule has 0 spiro atoms. The molecule has 0 aliphatic carbocycles. The molecule has 0 radical (unpaired) electrons. The van der Waals surface area contributed by atoms with Crippen LogP contribution in [0.1, 0.15) is 30.9 Å². The van der Waals surface area contributed by atoms with Gasteiger partial charge >= 0.3 is 0 Å². The molecule has 176 valence electrons. The summed E-state index contributed by atoms with van der Waals surface area (Å²) in [4.78, 5) is 24.6. The van der Waals surface area contributed by atoms with Gasteiger partial charge in [0.1, 0.15) is 11.6 Å². The molecule has 0 aromatic heterocycles. The number of ether oxygens (including phenoxy) is 1. The first-order valence-corrected chi connectivity index (χ1v) is 12.2. The van der Waals surface area contributed by atoms with Gasteiger partial charge in [0.2, 0.25) is 15.9 Å². The van der Waals surface area contributed by atoms with Crippen molar-refractivity contribution in [2.45, 2.75) is 44.2 Å². The van der Waals surface area contributed by atoms with Crippen LogP contribution in [0.25, 0.3) is 0 Å². The summed E-state index contributed by atoms with van der Waals surface area (Å²) in [7, 11) is -3.88. The van der Waals surface area contributed by atoms with Crippen LogP contribution < -0.4 is 15.4 Å². The Labute approximate surface area is 192 Å². The van der Waals surface area contributed by atoms with Crippen LogP contribution in [0, 0.1) is 18.7 Å². The van der Waals surface area contributed by atoms with Crippen LogP contribution in [0.4, 0.5) is 10.1 Å². The van der Waals surface area contributed by atoms with Crippen molar-refractivity contribution in [1.29, 1.82) is 0 Å². The first-order valence-electron chi connectivity index (χ1n) is 10.8. The zero-order valence-corrected chi connectivity index (χ0v) is 19.2. The van der Waals surface area contributed by atoms with Gasteiger partial charge in [-0.1, -0.05) is 12.1 Å². The number of nitrogens with one attached hydrogen (secondary N) is 2. The molecule has 2 aliphatic rings. The summed E-state index contributed by atoms with van der Waals surface area (Å²) in [6.45, 7) is 3.88. The second kappa shape index (κ2) is 9.11. The molecule has 8 nitrogen and oxygen atoms in total. The fourth-order valence-electron chi connectivity index (χ4n) is 4.07. The molecule has 2 atom stereocenters. The molecule has 2 aromatic carbocycles. The van der Waals surface area contributed by atoms with E-state index < -0.39 is 22.0 Å². The molecule has 2 aromatic rings. The lowest BCUT2D eigenvalue weighted by atomic mass is 9.99. The van der Waals surface area contributed by atoms with Crippen molar-refractivity contribution in [1.82, 2.24) is 9.62 Å². The zero-order chi connectivity index (χ0) is 23.8. The maximum atomic E-state index is 13.4. The minimum absolute atomic E-state index is 0.0715. The molecule has 1 saturated heterocycles. The van der Waals surface area contributed by atoms with Gasteiger partial charge in [-0.2, -0.15) is 4.31 Å². The van der Waals surface area contributed by atoms with E-state index in [1.165, 1.54) is 22.5 Å². The number of hydrogen-bond acceptors (Lipinski definition) is 5. The van der Waals surface area contributed by atoms with Crippen LogP contribution in [0.3, 0.4) is 0 Å². The predicted octanol–water partition coefficient (Wildman–Crippen LogP) is 2.57. The van der Waals surface area contributed by atoms with Gasteiger partial charge in [0, 0.05) is 25.7 Å². The van der Waals surface area contributed by atoms with Gasteiger partial charge in [-0.05, 0) is 56.0 Å². The van der Waals surface area contributed by atoms with Gasteiger partial charge in [0.05, 0.1) is 16.5 Å². The smallest absolute Gasteiger partial charge is 0.265 e. The Kier molecular flexibility index (Phi) is 6.40. The minimum atomic E-state index is -3.88. The maximum Gasteiger partial charge on any atom is 0.265 e. The lowest BCUT2D eigenvalue weighted by Crippen LogP contribution is -2.45. The molecule has 2 heterocycles. The van der Waals surface area contributed by atoms with Gasteiger partial charge in [-0.15, -0.1) is 0 Å². The number of nitrogens with zero attached hydrogens (tertiary/aromatic N) is 1. The van der Waals surface area contributed by atoms with Crippen LogP contribution in [0.15, 0.2) is 41.3 Å². The van der Waals surface area contributed by atoms with Crippen molar-refractivity contribution in [2.75, 3.05) is 18.4 Å². The van der Waals surface area contributed by atoms with E-state index in [0.717, 1.165) is 5.56 Å². The summed E-state index contributed by atoms with van der Waals surface area (Å²) in [5, 5.41) is 5.53. The van der Waals surface area contributed by atoms with E-state index in [4.69, 9.17) is 4.74 Å². The Morgan fingerprint density at radius 2 is 2.00 bits per heavy atom. The van der Waals surface area contributed by atoms with E-state index in [0.29, 0.717) is 36.4 Å². The maximum absolute atomic E-state index is 13.4. The summed E-state index contributed by atoms with van der Waals surface area (Å²) >= 11 is 0. The van der Waals surface area contributed by atoms with Crippen molar-refractivity contribution in [2.24, 2.45) is 5.92 Å². The van der Waals surface area contributed by atoms with Crippen molar-refractivity contribution >= 4 is 27.5 Å². The topological polar surface area (TPSA) is 105 Å². The van der Waals surface area contributed by atoms with E-state index in [2.05, 4.69) is 10.6 Å². The summed E-state index contributed by atoms with van der Waals surface area (Å²) in [6, 6.07) is 8.87. The van der Waals surface area contributed by atoms with E-state index in [1.54, 1.807) is 32.0 Å². The number of fused-ring (bicyclic) bond motifs is 1. The van der Waals surface area contributed by atoms with Crippen LogP contribution in [0.2, 0.25) is 0 Å². The van der Waals surface area contributed by atoms with Gasteiger partial charge in [-0.25, -0.2) is 12.8 Å². The Hall–Kier alpha value is -2.98. The lowest BCUT2D eigenvalue weighted by molar-refractivity contribution is -0.126. The molecule has 2 amide bonds. The number of anilines is 1. The number of amides is 2. The van der Waals surface area contributed by atoms with Crippen LogP contribution in [0.5, 0.6) is 5.75 Å². The average Bonchev–Trinajstić information content (AvgIpc) is 2.79. The number of piperidine rings is 1. The van der Waals surface area contributed by atoms with E-state index in [9.17, 15) is 22.4 Å². The molecular formula is C23H26FN3O5S. The average molecular weight is 476 g/mol. The fourth-order valence-corrected chi connectivity index (χ4v) is 5.82. The normalized spacial score (nSPS) is 21.0. The van der Waals surface area contributed by atoms with Crippen molar-refractivity contribution < 1.29 is 27.1 Å². The Morgan fingerprint density at radius 3 is 2.73 bits per heavy atom. The van der Waals surface area contributed by atoms with E-state index in [-0.39, 0.29) is 35.6 Å². The number of rotatable bonds is 5. The number of benzene rings is 2. The third-order valence-corrected chi connectivity index (χ3v) is 7.97. The SMILES string of the molecule is Cc1cc2c(cc1S(=O)(=O)N1CCC[C@@H](C(=O)NCc3ccc(F)cc3)C1)O[C@H](C)C(=O)N2. The first kappa shape index (κ1) is 23.2. The fraction of sp³-hybridized carbons (Fsp3) is 0.391. The monoisotopic (exact) mass is 475 g/mol. The van der Waals surface area contributed by atoms with Gasteiger partial charge in [0.15, 0.2) is 6.10 Å². The zero-order valence-electron chi connectivity index (χ0n) is 18.4. The molecule has 0 saturated carbocycles. The summed E-state index contributed by atoms with van der Waals surface area (Å²) in [5.41, 5.74) is 1.68. The molecule has 1 fully saturated rings. The number of hydrogen-bond donors (Lipinski definition) is 2. The number of aryl methyl sites for hydroxylation is 1. The number of carbonyl (C=O) groups is 2. The highest BCUT2D eigenvalue weighted by molar-refractivity contribution is 7.89. The second-order valence-corrected chi connectivity index (χ2v) is 10.3. The third-order valence-electron chi connectivity index (χ3n) is 5.96. The molecular weight excluding hydrogens is 449 g/mol. The summed E-state index contributed by atoms with van der Waals surface area (Å²) < 4.78 is 46.8. The van der Waals surface area contributed by atoms with Crippen LogP contribution in [-0.2, 0) is 26.2 Å². The summed E-state index contributed by atoms with van der Waals surface area (Å²) in [5.74, 6) is -1.05. The van der Waals surface area contributed by atoms with E-state index >= 15 is 0 Å². The molecule has 0 bridgehead atoms. The molecule has 10 heteroatoms. The van der Waals surface area contributed by atoms with Crippen LogP contribution in [-0.4, -0.2) is 43.7 Å². The molecule has 33 heavy (non-hydrogen) atoms. The van der Waals surface area contributed by atoms with Crippen molar-refractivity contribution in [3.05, 3.63) is 53.3 Å². The first-order chi connectivity index (χ1) is 15.6. The Bertz CT molecular complexity index is 1180. The quantitative estimate of drug-likeness (QED) is 0.692. The molecule has 4 rings (SSSR count). The molecule has 2 N–H and O–H groups in total. The van der Waals surface area contributed by atoms with Gasteiger partial charge in [-0.3, -0.25) is 9.59 Å². The Morgan fingerprint density at radius 1 is 1.27 bits per heavy atom. The molecule has 0 unspecified atom stereocenters. The highest BCUT2D eigenvalue weighted by atomic mass is 32.2. The third kappa shape index (κ3) is 4.86. The van der Waals surface area contributed by atoms with Crippen LogP contribution >= 0.6 is 0 Å². The highest BCUT2D eigenvalue weighted by Gasteiger charge is 2.35. The number of sulfonamides is 1. The van der Waals surface area contributed by atoms with Gasteiger partial charge < -0.3 is 15.4 Å². The second-order valence-electron chi connectivity index (χ2n) is 8.41. The number of halogens is 1. The molecule has 2 aliphatic heterocycles. The number of carbonyl (C=O) groups excluding carboxylic acids is 2. The summed E-state index contributed by atoms with van der Waals surface area (Å²) in [6.07, 6.45) is 0.415. The van der Waals surface area contributed by atoms with Gasteiger partial charge in [0.25, 0.3) is 5.91 Å². The highest BCUT2D eigenvalue weighted by Crippen LogP contribution is 2.36. The predicted molar refractivity (Wildman–Crippen MR) is 120 cm³/mol. The minimum Gasteiger partial charge on any atom is -0.479 e. The van der Waals surface area contributed by atoms with E-state index in [1.807, 2.05) is 0 Å².